The van der Waals surface area contributed by atoms with Crippen LogP contribution in [0.1, 0.15) is 34.2 Å². The highest BCUT2D eigenvalue weighted by Gasteiger charge is 2.19. The number of anilines is 1. The summed E-state index contributed by atoms with van der Waals surface area (Å²) in [4.78, 5) is 12.5. The van der Waals surface area contributed by atoms with Crippen LogP contribution >= 0.6 is 0 Å². The smallest absolute Gasteiger partial charge is 0.261 e. The number of fused-ring (bicyclic) bond motifs is 1. The molecule has 0 radical (unpaired) electrons. The lowest BCUT2D eigenvalue weighted by Crippen LogP contribution is -2.16. The quantitative estimate of drug-likeness (QED) is 0.803. The fraction of sp³-hybridized carbons (Fsp3) is 0.333. The first kappa shape index (κ1) is 14.2. The van der Waals surface area contributed by atoms with Crippen LogP contribution in [0.5, 0.6) is 0 Å². The molecular weight excluding hydrogens is 280 g/mol. The standard InChI is InChI=1S/C15H18N6O/c1-5-21-11(4)13(10(3)19-21)14(22)16-15-18-17-12-8-9(2)6-7-20(12)15/h6-8H,5H2,1-4H3,(H,16,18,22). The van der Waals surface area contributed by atoms with E-state index in [0.29, 0.717) is 22.9 Å². The van der Waals surface area contributed by atoms with E-state index in [-0.39, 0.29) is 5.91 Å². The first-order valence-corrected chi connectivity index (χ1v) is 7.18. The summed E-state index contributed by atoms with van der Waals surface area (Å²) in [6.07, 6.45) is 1.84. The van der Waals surface area contributed by atoms with Gasteiger partial charge >= 0.3 is 0 Å². The molecule has 0 aromatic carbocycles. The second-order valence-electron chi connectivity index (χ2n) is 5.27. The summed E-state index contributed by atoms with van der Waals surface area (Å²) in [5, 5.41) is 15.3. The minimum Gasteiger partial charge on any atom is -0.290 e. The van der Waals surface area contributed by atoms with Crippen LogP contribution in [0.4, 0.5) is 5.95 Å². The zero-order valence-electron chi connectivity index (χ0n) is 13.1. The number of nitrogens with one attached hydrogen (secondary N) is 1. The first-order valence-electron chi connectivity index (χ1n) is 7.18. The Hall–Kier alpha value is -2.70. The Morgan fingerprint density at radius 3 is 2.73 bits per heavy atom. The third-order valence-corrected chi connectivity index (χ3v) is 3.70. The molecule has 22 heavy (non-hydrogen) atoms. The predicted molar refractivity (Wildman–Crippen MR) is 83.1 cm³/mol. The highest BCUT2D eigenvalue weighted by molar-refractivity contribution is 6.05. The summed E-state index contributed by atoms with van der Waals surface area (Å²) in [6.45, 7) is 8.43. The van der Waals surface area contributed by atoms with E-state index in [0.717, 1.165) is 17.8 Å². The molecular formula is C15H18N6O. The third-order valence-electron chi connectivity index (χ3n) is 3.70. The molecule has 3 aromatic rings. The molecule has 1 N–H and O–H groups in total. The van der Waals surface area contributed by atoms with Gasteiger partial charge in [-0.1, -0.05) is 0 Å². The number of hydrogen-bond acceptors (Lipinski definition) is 4. The Labute approximate surface area is 128 Å². The molecule has 3 aromatic heterocycles. The molecule has 3 rings (SSSR count). The minimum absolute atomic E-state index is 0.218. The monoisotopic (exact) mass is 298 g/mol. The van der Waals surface area contributed by atoms with Crippen LogP contribution in [0.2, 0.25) is 0 Å². The van der Waals surface area contributed by atoms with E-state index in [4.69, 9.17) is 0 Å². The Kier molecular flexibility index (Phi) is 3.40. The van der Waals surface area contributed by atoms with Crippen molar-refractivity contribution in [3.8, 4) is 0 Å². The SMILES string of the molecule is CCn1nc(C)c(C(=O)Nc2nnc3cc(C)ccn23)c1C. The van der Waals surface area contributed by atoms with Crippen LogP contribution in [0.25, 0.3) is 5.65 Å². The minimum atomic E-state index is -0.218. The highest BCUT2D eigenvalue weighted by atomic mass is 16.1. The number of hydrogen-bond donors (Lipinski definition) is 1. The van der Waals surface area contributed by atoms with Crippen molar-refractivity contribution in [1.29, 1.82) is 0 Å². The molecule has 0 bridgehead atoms. The Morgan fingerprint density at radius 2 is 2.05 bits per heavy atom. The van der Waals surface area contributed by atoms with Gasteiger partial charge in [-0.05, 0) is 45.4 Å². The van der Waals surface area contributed by atoms with Crippen molar-refractivity contribution in [2.45, 2.75) is 34.2 Å². The van der Waals surface area contributed by atoms with Crippen molar-refractivity contribution in [3.05, 3.63) is 40.8 Å². The van der Waals surface area contributed by atoms with E-state index < -0.39 is 0 Å². The fourth-order valence-electron chi connectivity index (χ4n) is 2.58. The van der Waals surface area contributed by atoms with Crippen molar-refractivity contribution in [2.75, 3.05) is 5.32 Å². The summed E-state index contributed by atoms with van der Waals surface area (Å²) in [6, 6.07) is 3.85. The molecule has 0 fully saturated rings. The van der Waals surface area contributed by atoms with E-state index in [1.807, 2.05) is 50.7 Å². The molecule has 1 amide bonds. The molecule has 3 heterocycles. The molecule has 0 saturated carbocycles. The lowest BCUT2D eigenvalue weighted by Gasteiger charge is -2.04. The zero-order chi connectivity index (χ0) is 15.9. The van der Waals surface area contributed by atoms with Gasteiger partial charge < -0.3 is 0 Å². The van der Waals surface area contributed by atoms with Crippen molar-refractivity contribution in [2.24, 2.45) is 0 Å². The maximum Gasteiger partial charge on any atom is 0.261 e. The van der Waals surface area contributed by atoms with Gasteiger partial charge in [0.2, 0.25) is 5.95 Å². The molecule has 7 heteroatoms. The maximum atomic E-state index is 12.5. The van der Waals surface area contributed by atoms with Gasteiger partial charge in [-0.2, -0.15) is 5.10 Å². The molecule has 0 atom stereocenters. The summed E-state index contributed by atoms with van der Waals surface area (Å²) in [5.74, 6) is 0.188. The summed E-state index contributed by atoms with van der Waals surface area (Å²) < 4.78 is 3.56. The second-order valence-corrected chi connectivity index (χ2v) is 5.27. The lowest BCUT2D eigenvalue weighted by molar-refractivity contribution is 0.102. The van der Waals surface area contributed by atoms with E-state index in [9.17, 15) is 4.79 Å². The van der Waals surface area contributed by atoms with Crippen LogP contribution < -0.4 is 5.32 Å². The van der Waals surface area contributed by atoms with Gasteiger partial charge in [0.1, 0.15) is 0 Å². The number of nitrogens with zero attached hydrogens (tertiary/aromatic N) is 5. The molecule has 7 nitrogen and oxygen atoms in total. The van der Waals surface area contributed by atoms with Gasteiger partial charge in [0.15, 0.2) is 5.65 Å². The van der Waals surface area contributed by atoms with E-state index in [1.54, 1.807) is 4.40 Å². The largest absolute Gasteiger partial charge is 0.290 e. The summed E-state index contributed by atoms with van der Waals surface area (Å²) in [5.41, 5.74) is 3.94. The first-order chi connectivity index (χ1) is 10.5. The number of carbonyl (C=O) groups excluding carboxylic acids is 1. The Balaban J connectivity index is 1.95. The number of aromatic nitrogens is 5. The average molecular weight is 298 g/mol. The Bertz CT molecular complexity index is 860. The topological polar surface area (TPSA) is 77.1 Å². The van der Waals surface area contributed by atoms with Gasteiger partial charge in [-0.25, -0.2) is 0 Å². The van der Waals surface area contributed by atoms with Crippen LogP contribution in [0.3, 0.4) is 0 Å². The van der Waals surface area contributed by atoms with Crippen LogP contribution in [-0.4, -0.2) is 30.3 Å². The second kappa shape index (κ2) is 5.25. The van der Waals surface area contributed by atoms with Gasteiger partial charge in [-0.3, -0.25) is 19.2 Å². The lowest BCUT2D eigenvalue weighted by atomic mass is 10.2. The fourth-order valence-corrected chi connectivity index (χ4v) is 2.58. The van der Waals surface area contributed by atoms with Crippen LogP contribution in [-0.2, 0) is 6.54 Å². The summed E-state index contributed by atoms with van der Waals surface area (Å²) in [7, 11) is 0. The van der Waals surface area contributed by atoms with Crippen molar-refractivity contribution in [1.82, 2.24) is 24.4 Å². The van der Waals surface area contributed by atoms with Crippen LogP contribution in [0.15, 0.2) is 18.3 Å². The van der Waals surface area contributed by atoms with E-state index in [1.165, 1.54) is 0 Å². The molecule has 114 valence electrons. The molecule has 0 aliphatic carbocycles. The zero-order valence-corrected chi connectivity index (χ0v) is 13.1. The molecule has 0 aliphatic rings. The van der Waals surface area contributed by atoms with Crippen molar-refractivity contribution < 1.29 is 4.79 Å². The molecule has 0 spiro atoms. The average Bonchev–Trinajstić information content (AvgIpc) is 2.99. The number of aryl methyl sites for hydroxylation is 3. The molecule has 0 aliphatic heterocycles. The third kappa shape index (κ3) is 2.24. The van der Waals surface area contributed by atoms with Gasteiger partial charge in [0, 0.05) is 18.4 Å². The maximum absolute atomic E-state index is 12.5. The summed E-state index contributed by atoms with van der Waals surface area (Å²) >= 11 is 0. The van der Waals surface area contributed by atoms with E-state index >= 15 is 0 Å². The number of pyridine rings is 1. The number of amides is 1. The normalized spacial score (nSPS) is 11.1. The Morgan fingerprint density at radius 1 is 1.27 bits per heavy atom. The van der Waals surface area contributed by atoms with Crippen LogP contribution in [0, 0.1) is 20.8 Å². The van der Waals surface area contributed by atoms with Crippen molar-refractivity contribution >= 4 is 17.5 Å². The molecule has 0 unspecified atom stereocenters. The number of carbonyl (C=O) groups is 1. The predicted octanol–water partition coefficient (Wildman–Crippen LogP) is 2.12. The highest BCUT2D eigenvalue weighted by Crippen LogP contribution is 2.16. The van der Waals surface area contributed by atoms with Gasteiger partial charge in [-0.15, -0.1) is 10.2 Å². The van der Waals surface area contributed by atoms with E-state index in [2.05, 4.69) is 20.6 Å². The van der Waals surface area contributed by atoms with Gasteiger partial charge in [0.05, 0.1) is 11.3 Å². The molecule has 0 saturated heterocycles. The number of rotatable bonds is 3. The van der Waals surface area contributed by atoms with Crippen molar-refractivity contribution in [3.63, 3.8) is 0 Å². The van der Waals surface area contributed by atoms with Gasteiger partial charge in [0.25, 0.3) is 5.91 Å².